The van der Waals surface area contributed by atoms with Crippen molar-refractivity contribution in [2.45, 2.75) is 6.92 Å². The molecule has 0 aliphatic carbocycles. The Morgan fingerprint density at radius 2 is 2.00 bits per heavy atom. The van der Waals surface area contributed by atoms with E-state index >= 15 is 0 Å². The van der Waals surface area contributed by atoms with E-state index in [9.17, 15) is 9.59 Å². The highest BCUT2D eigenvalue weighted by Crippen LogP contribution is 2.30. The van der Waals surface area contributed by atoms with Crippen LogP contribution in [0, 0.1) is 6.92 Å². The maximum atomic E-state index is 12.4. The molecule has 0 radical (unpaired) electrons. The predicted octanol–water partition coefficient (Wildman–Crippen LogP) is 2.64. The van der Waals surface area contributed by atoms with Gasteiger partial charge >= 0.3 is 0 Å². The van der Waals surface area contributed by atoms with Crippen LogP contribution in [-0.2, 0) is 4.79 Å². The summed E-state index contributed by atoms with van der Waals surface area (Å²) in [6.07, 6.45) is 0. The van der Waals surface area contributed by atoms with E-state index in [1.54, 1.807) is 24.3 Å². The van der Waals surface area contributed by atoms with Crippen molar-refractivity contribution in [3.8, 4) is 5.75 Å². The molecule has 24 heavy (non-hydrogen) atoms. The topological polar surface area (TPSA) is 70.7 Å². The molecule has 2 aromatic carbocycles. The van der Waals surface area contributed by atoms with Crippen LogP contribution >= 0.6 is 0 Å². The first-order valence-corrected chi connectivity index (χ1v) is 7.60. The summed E-state index contributed by atoms with van der Waals surface area (Å²) >= 11 is 0. The number of benzene rings is 2. The second-order valence-electron chi connectivity index (χ2n) is 5.90. The van der Waals surface area contributed by atoms with Crippen LogP contribution in [0.1, 0.15) is 15.9 Å². The number of fused-ring (bicyclic) bond motifs is 1. The van der Waals surface area contributed by atoms with Crippen LogP contribution in [0.25, 0.3) is 0 Å². The van der Waals surface area contributed by atoms with Gasteiger partial charge in [-0.3, -0.25) is 9.59 Å². The van der Waals surface area contributed by atoms with Gasteiger partial charge in [-0.2, -0.15) is 0 Å². The highest BCUT2D eigenvalue weighted by molar-refractivity contribution is 6.05. The standard InChI is InChI=1S/C18H19N3O3/c1-11-8-12(4-7-15(11)21(2)3)18(23)19-13-5-6-14-16(9-13)24-10-17(22)20-14/h4-9H,10H2,1-3H3,(H,19,23)(H,20,22). The minimum Gasteiger partial charge on any atom is -0.482 e. The van der Waals surface area contributed by atoms with Crippen LogP contribution < -0.4 is 20.3 Å². The summed E-state index contributed by atoms with van der Waals surface area (Å²) in [5.41, 5.74) is 3.92. The summed E-state index contributed by atoms with van der Waals surface area (Å²) in [6.45, 7) is 1.96. The van der Waals surface area contributed by atoms with Crippen molar-refractivity contribution in [2.75, 3.05) is 36.2 Å². The normalized spacial score (nSPS) is 12.7. The van der Waals surface area contributed by atoms with Gasteiger partial charge in [-0.25, -0.2) is 0 Å². The molecular weight excluding hydrogens is 306 g/mol. The van der Waals surface area contributed by atoms with Crippen LogP contribution in [0.3, 0.4) is 0 Å². The van der Waals surface area contributed by atoms with E-state index in [0.717, 1.165) is 11.3 Å². The quantitative estimate of drug-likeness (QED) is 0.910. The smallest absolute Gasteiger partial charge is 0.262 e. The van der Waals surface area contributed by atoms with Crippen molar-refractivity contribution in [1.29, 1.82) is 0 Å². The third-order valence-electron chi connectivity index (χ3n) is 3.81. The fraction of sp³-hybridized carbons (Fsp3) is 0.222. The average Bonchev–Trinajstić information content (AvgIpc) is 2.54. The molecule has 1 aliphatic rings. The fourth-order valence-corrected chi connectivity index (χ4v) is 2.65. The third-order valence-corrected chi connectivity index (χ3v) is 3.81. The highest BCUT2D eigenvalue weighted by Gasteiger charge is 2.17. The van der Waals surface area contributed by atoms with Crippen LogP contribution in [0.2, 0.25) is 0 Å². The molecule has 0 unspecified atom stereocenters. The van der Waals surface area contributed by atoms with Crippen LogP contribution in [0.15, 0.2) is 36.4 Å². The SMILES string of the molecule is Cc1cc(C(=O)Nc2ccc3c(c2)OCC(=O)N3)ccc1N(C)C. The minimum absolute atomic E-state index is 0.0183. The molecule has 0 bridgehead atoms. The lowest BCUT2D eigenvalue weighted by Gasteiger charge is -2.19. The van der Waals surface area contributed by atoms with Gasteiger partial charge in [0, 0.05) is 37.1 Å². The number of aryl methyl sites for hydroxylation is 1. The lowest BCUT2D eigenvalue weighted by molar-refractivity contribution is -0.118. The number of carbonyl (C=O) groups excluding carboxylic acids is 2. The van der Waals surface area contributed by atoms with Crippen molar-refractivity contribution in [2.24, 2.45) is 0 Å². The second kappa shape index (κ2) is 6.23. The van der Waals surface area contributed by atoms with Crippen LogP contribution in [0.4, 0.5) is 17.1 Å². The molecule has 0 saturated heterocycles. The van der Waals surface area contributed by atoms with Crippen LogP contribution in [-0.4, -0.2) is 32.5 Å². The third kappa shape index (κ3) is 3.17. The number of anilines is 3. The number of ether oxygens (including phenoxy) is 1. The van der Waals surface area contributed by atoms with Crippen molar-refractivity contribution in [3.05, 3.63) is 47.5 Å². The second-order valence-corrected chi connectivity index (χ2v) is 5.90. The fourth-order valence-electron chi connectivity index (χ4n) is 2.65. The van der Waals surface area contributed by atoms with E-state index in [0.29, 0.717) is 22.7 Å². The van der Waals surface area contributed by atoms with Gasteiger partial charge in [0.25, 0.3) is 11.8 Å². The average molecular weight is 325 g/mol. The number of amides is 2. The first kappa shape index (κ1) is 15.9. The van der Waals surface area contributed by atoms with E-state index in [2.05, 4.69) is 10.6 Å². The number of hydrogen-bond acceptors (Lipinski definition) is 4. The Morgan fingerprint density at radius 3 is 2.71 bits per heavy atom. The van der Waals surface area contributed by atoms with Gasteiger partial charge in [0.05, 0.1) is 5.69 Å². The molecule has 0 atom stereocenters. The predicted molar refractivity (Wildman–Crippen MR) is 94.0 cm³/mol. The highest BCUT2D eigenvalue weighted by atomic mass is 16.5. The van der Waals surface area contributed by atoms with Gasteiger partial charge in [-0.1, -0.05) is 0 Å². The Morgan fingerprint density at radius 1 is 1.21 bits per heavy atom. The minimum atomic E-state index is -0.191. The maximum Gasteiger partial charge on any atom is 0.262 e. The van der Waals surface area contributed by atoms with Crippen molar-refractivity contribution in [1.82, 2.24) is 0 Å². The first-order chi connectivity index (χ1) is 11.4. The van der Waals surface area contributed by atoms with Crippen molar-refractivity contribution < 1.29 is 14.3 Å². The summed E-state index contributed by atoms with van der Waals surface area (Å²) in [6, 6.07) is 10.7. The lowest BCUT2D eigenvalue weighted by Crippen LogP contribution is -2.25. The molecule has 0 saturated carbocycles. The molecule has 6 nitrogen and oxygen atoms in total. The van der Waals surface area contributed by atoms with Gasteiger partial charge in [0.1, 0.15) is 5.75 Å². The lowest BCUT2D eigenvalue weighted by atomic mass is 10.1. The maximum absolute atomic E-state index is 12.4. The molecule has 2 amide bonds. The molecule has 1 heterocycles. The van der Waals surface area contributed by atoms with E-state index in [1.807, 2.05) is 38.1 Å². The molecule has 0 spiro atoms. The number of rotatable bonds is 3. The summed E-state index contributed by atoms with van der Waals surface area (Å²) in [4.78, 5) is 25.7. The van der Waals surface area contributed by atoms with E-state index in [-0.39, 0.29) is 18.4 Å². The van der Waals surface area contributed by atoms with Gasteiger partial charge < -0.3 is 20.3 Å². The Kier molecular flexibility index (Phi) is 4.12. The zero-order valence-electron chi connectivity index (χ0n) is 13.8. The van der Waals surface area contributed by atoms with E-state index in [1.165, 1.54) is 0 Å². The molecule has 2 aromatic rings. The number of hydrogen-bond donors (Lipinski definition) is 2. The van der Waals surface area contributed by atoms with Crippen LogP contribution in [0.5, 0.6) is 5.75 Å². The molecular formula is C18H19N3O3. The Hall–Kier alpha value is -3.02. The first-order valence-electron chi connectivity index (χ1n) is 7.60. The van der Waals surface area contributed by atoms with E-state index < -0.39 is 0 Å². The molecule has 3 rings (SSSR count). The zero-order valence-corrected chi connectivity index (χ0v) is 13.8. The largest absolute Gasteiger partial charge is 0.482 e. The molecule has 1 aliphatic heterocycles. The summed E-state index contributed by atoms with van der Waals surface area (Å²) in [7, 11) is 3.93. The van der Waals surface area contributed by atoms with Gasteiger partial charge in [-0.05, 0) is 42.8 Å². The molecule has 2 N–H and O–H groups in total. The summed E-state index contributed by atoms with van der Waals surface area (Å²) in [5.74, 6) is 0.172. The Balaban J connectivity index is 1.78. The van der Waals surface area contributed by atoms with E-state index in [4.69, 9.17) is 4.74 Å². The Labute approximate surface area is 140 Å². The summed E-state index contributed by atoms with van der Waals surface area (Å²) < 4.78 is 5.36. The zero-order chi connectivity index (χ0) is 17.3. The molecule has 124 valence electrons. The number of nitrogens with zero attached hydrogens (tertiary/aromatic N) is 1. The summed E-state index contributed by atoms with van der Waals surface area (Å²) in [5, 5.41) is 5.57. The van der Waals surface area contributed by atoms with Gasteiger partial charge in [0.15, 0.2) is 6.61 Å². The molecule has 6 heteroatoms. The Bertz CT molecular complexity index is 815. The molecule has 0 fully saturated rings. The monoisotopic (exact) mass is 325 g/mol. The number of nitrogens with one attached hydrogen (secondary N) is 2. The number of carbonyl (C=O) groups is 2. The van der Waals surface area contributed by atoms with Crippen molar-refractivity contribution in [3.63, 3.8) is 0 Å². The van der Waals surface area contributed by atoms with Gasteiger partial charge in [-0.15, -0.1) is 0 Å². The van der Waals surface area contributed by atoms with Crippen molar-refractivity contribution >= 4 is 28.9 Å². The van der Waals surface area contributed by atoms with Gasteiger partial charge in [0.2, 0.25) is 0 Å². The molecule has 0 aromatic heterocycles.